The van der Waals surface area contributed by atoms with E-state index in [0.717, 1.165) is 12.1 Å². The first kappa shape index (κ1) is 16.8. The zero-order valence-electron chi connectivity index (χ0n) is 11.1. The summed E-state index contributed by atoms with van der Waals surface area (Å²) in [4.78, 5) is 1.82. The molecule has 0 atom stereocenters. The molecule has 0 heterocycles. The zero-order chi connectivity index (χ0) is 15.6. The van der Waals surface area contributed by atoms with Gasteiger partial charge in [-0.1, -0.05) is 0 Å². The van der Waals surface area contributed by atoms with Gasteiger partial charge in [0.25, 0.3) is 0 Å². The summed E-state index contributed by atoms with van der Waals surface area (Å²) in [6.07, 6.45) is -8.90. The van der Waals surface area contributed by atoms with E-state index >= 15 is 0 Å². The van der Waals surface area contributed by atoms with E-state index in [2.05, 4.69) is 0 Å². The second kappa shape index (κ2) is 6.03. The summed E-state index contributed by atoms with van der Waals surface area (Å²) >= 11 is 0. The average molecular weight is 299 g/mol. The van der Waals surface area contributed by atoms with Crippen molar-refractivity contribution in [1.29, 1.82) is 0 Å². The van der Waals surface area contributed by atoms with Gasteiger partial charge in [0.2, 0.25) is 0 Å². The first-order valence-corrected chi connectivity index (χ1v) is 5.93. The Kier molecular flexibility index (Phi) is 5.07. The van der Waals surface area contributed by atoms with E-state index in [-0.39, 0.29) is 18.1 Å². The molecule has 0 fully saturated rings. The summed E-state index contributed by atoms with van der Waals surface area (Å²) in [5, 5.41) is 0. The SMILES string of the molecule is CN(C)CCCc1cc(C(F)(F)F)cc(C(F)(F)F)c1. The maximum Gasteiger partial charge on any atom is 0.416 e. The van der Waals surface area contributed by atoms with Crippen LogP contribution in [-0.4, -0.2) is 25.5 Å². The Morgan fingerprint density at radius 2 is 1.30 bits per heavy atom. The number of hydrogen-bond acceptors (Lipinski definition) is 1. The molecule has 0 spiro atoms. The van der Waals surface area contributed by atoms with Crippen LogP contribution in [0.4, 0.5) is 26.3 Å². The monoisotopic (exact) mass is 299 g/mol. The van der Waals surface area contributed by atoms with Gasteiger partial charge in [-0.2, -0.15) is 26.3 Å². The molecule has 0 aliphatic rings. The van der Waals surface area contributed by atoms with Crippen molar-refractivity contribution in [3.8, 4) is 0 Å². The highest BCUT2D eigenvalue weighted by Gasteiger charge is 2.36. The summed E-state index contributed by atoms with van der Waals surface area (Å²) in [5.74, 6) is 0. The zero-order valence-corrected chi connectivity index (χ0v) is 11.1. The molecular weight excluding hydrogens is 284 g/mol. The molecule has 0 aliphatic carbocycles. The molecule has 0 amide bonds. The van der Waals surface area contributed by atoms with Crippen LogP contribution in [0, 0.1) is 0 Å². The smallest absolute Gasteiger partial charge is 0.309 e. The van der Waals surface area contributed by atoms with Gasteiger partial charge in [-0.3, -0.25) is 0 Å². The van der Waals surface area contributed by atoms with Crippen LogP contribution in [0.3, 0.4) is 0 Å². The molecule has 0 radical (unpaired) electrons. The Balaban J connectivity index is 3.05. The predicted molar refractivity (Wildman–Crippen MR) is 63.3 cm³/mol. The molecule has 114 valence electrons. The number of alkyl halides is 6. The Hall–Kier alpha value is -1.24. The lowest BCUT2D eigenvalue weighted by molar-refractivity contribution is -0.143. The number of nitrogens with zero attached hydrogens (tertiary/aromatic N) is 1. The van der Waals surface area contributed by atoms with Gasteiger partial charge in [0, 0.05) is 0 Å². The van der Waals surface area contributed by atoms with E-state index in [9.17, 15) is 26.3 Å². The summed E-state index contributed by atoms with van der Waals surface area (Å²) in [5.41, 5.74) is -2.46. The molecule has 0 N–H and O–H groups in total. The number of rotatable bonds is 4. The maximum absolute atomic E-state index is 12.6. The molecule has 20 heavy (non-hydrogen) atoms. The molecular formula is C13H15F6N. The van der Waals surface area contributed by atoms with E-state index in [1.165, 1.54) is 0 Å². The maximum atomic E-state index is 12.6. The van der Waals surface area contributed by atoms with Gasteiger partial charge < -0.3 is 4.90 Å². The van der Waals surface area contributed by atoms with Crippen LogP contribution < -0.4 is 0 Å². The summed E-state index contributed by atoms with van der Waals surface area (Å²) in [7, 11) is 3.57. The molecule has 1 aromatic rings. The largest absolute Gasteiger partial charge is 0.416 e. The predicted octanol–water partition coefficient (Wildman–Crippen LogP) is 4.22. The van der Waals surface area contributed by atoms with Crippen LogP contribution >= 0.6 is 0 Å². The van der Waals surface area contributed by atoms with Gasteiger partial charge in [0.05, 0.1) is 11.1 Å². The van der Waals surface area contributed by atoms with E-state index < -0.39 is 23.5 Å². The fourth-order valence-corrected chi connectivity index (χ4v) is 1.76. The minimum absolute atomic E-state index is 0.0500. The Morgan fingerprint density at radius 1 is 0.850 bits per heavy atom. The minimum atomic E-state index is -4.78. The normalized spacial score (nSPS) is 13.1. The number of halogens is 6. The van der Waals surface area contributed by atoms with Crippen LogP contribution in [-0.2, 0) is 18.8 Å². The van der Waals surface area contributed by atoms with E-state index in [0.29, 0.717) is 13.0 Å². The molecule has 0 saturated carbocycles. The minimum Gasteiger partial charge on any atom is -0.309 e. The van der Waals surface area contributed by atoms with Crippen molar-refractivity contribution in [1.82, 2.24) is 4.90 Å². The van der Waals surface area contributed by atoms with Crippen molar-refractivity contribution in [3.63, 3.8) is 0 Å². The molecule has 0 aliphatic heterocycles. The summed E-state index contributed by atoms with van der Waals surface area (Å²) in [6.45, 7) is 0.595. The van der Waals surface area contributed by atoms with Crippen LogP contribution in [0.25, 0.3) is 0 Å². The van der Waals surface area contributed by atoms with Crippen molar-refractivity contribution < 1.29 is 26.3 Å². The Bertz CT molecular complexity index is 415. The highest BCUT2D eigenvalue weighted by atomic mass is 19.4. The molecule has 0 aromatic heterocycles. The Labute approximate surface area is 113 Å². The van der Waals surface area contributed by atoms with Crippen molar-refractivity contribution in [2.75, 3.05) is 20.6 Å². The van der Waals surface area contributed by atoms with Gasteiger partial charge in [0.1, 0.15) is 0 Å². The topological polar surface area (TPSA) is 3.24 Å². The lowest BCUT2D eigenvalue weighted by Gasteiger charge is -2.15. The Morgan fingerprint density at radius 3 is 1.65 bits per heavy atom. The van der Waals surface area contributed by atoms with Gasteiger partial charge in [-0.05, 0) is 57.2 Å². The van der Waals surface area contributed by atoms with E-state index in [1.807, 2.05) is 4.90 Å². The van der Waals surface area contributed by atoms with E-state index in [1.54, 1.807) is 14.1 Å². The fourth-order valence-electron chi connectivity index (χ4n) is 1.76. The van der Waals surface area contributed by atoms with Crippen molar-refractivity contribution in [2.45, 2.75) is 25.2 Å². The van der Waals surface area contributed by atoms with Crippen molar-refractivity contribution in [2.24, 2.45) is 0 Å². The molecule has 0 bridgehead atoms. The first-order valence-electron chi connectivity index (χ1n) is 5.93. The van der Waals surface area contributed by atoms with Crippen LogP contribution in [0.2, 0.25) is 0 Å². The fraction of sp³-hybridized carbons (Fsp3) is 0.538. The van der Waals surface area contributed by atoms with Crippen LogP contribution in [0.15, 0.2) is 18.2 Å². The highest BCUT2D eigenvalue weighted by molar-refractivity contribution is 5.33. The van der Waals surface area contributed by atoms with Crippen LogP contribution in [0.1, 0.15) is 23.1 Å². The average Bonchev–Trinajstić information content (AvgIpc) is 2.25. The molecule has 7 heteroatoms. The number of hydrogen-bond donors (Lipinski definition) is 0. The quantitative estimate of drug-likeness (QED) is 0.752. The standard InChI is InChI=1S/C13H15F6N/c1-20(2)5-3-4-9-6-10(12(14,15)16)8-11(7-9)13(17,18)19/h6-8H,3-5H2,1-2H3. The van der Waals surface area contributed by atoms with Gasteiger partial charge in [-0.15, -0.1) is 0 Å². The summed E-state index contributed by atoms with van der Waals surface area (Å²) in [6, 6.07) is 1.71. The number of benzene rings is 1. The molecule has 1 aromatic carbocycles. The molecule has 1 rings (SSSR count). The second-order valence-electron chi connectivity index (χ2n) is 4.82. The molecule has 0 saturated heterocycles. The third-order valence-electron chi connectivity index (χ3n) is 2.72. The van der Waals surface area contributed by atoms with Crippen molar-refractivity contribution in [3.05, 3.63) is 34.9 Å². The van der Waals surface area contributed by atoms with Gasteiger partial charge in [-0.25, -0.2) is 0 Å². The van der Waals surface area contributed by atoms with Gasteiger partial charge in [0.15, 0.2) is 0 Å². The lowest BCUT2D eigenvalue weighted by atomic mass is 10.0. The first-order chi connectivity index (χ1) is 9.00. The van der Waals surface area contributed by atoms with Crippen molar-refractivity contribution >= 4 is 0 Å². The third-order valence-corrected chi connectivity index (χ3v) is 2.72. The van der Waals surface area contributed by atoms with Crippen LogP contribution in [0.5, 0.6) is 0 Å². The number of aryl methyl sites for hydroxylation is 1. The lowest BCUT2D eigenvalue weighted by Crippen LogP contribution is -2.15. The third kappa shape index (κ3) is 5.03. The summed E-state index contributed by atoms with van der Waals surface area (Å²) < 4.78 is 75.7. The van der Waals surface area contributed by atoms with E-state index in [4.69, 9.17) is 0 Å². The highest BCUT2D eigenvalue weighted by Crippen LogP contribution is 2.36. The molecule has 0 unspecified atom stereocenters. The molecule has 1 nitrogen and oxygen atoms in total. The second-order valence-corrected chi connectivity index (χ2v) is 4.82. The van der Waals surface area contributed by atoms with Gasteiger partial charge >= 0.3 is 12.4 Å².